The van der Waals surface area contributed by atoms with Crippen LogP contribution in [0.2, 0.25) is 0 Å². The smallest absolute Gasteiger partial charge is 0.348 e. The van der Waals surface area contributed by atoms with Gasteiger partial charge in [-0.25, -0.2) is 9.88 Å². The Morgan fingerprint density at radius 3 is 2.38 bits per heavy atom. The van der Waals surface area contributed by atoms with Crippen LogP contribution in [-0.4, -0.2) is 24.6 Å². The molecule has 4 rings (SSSR count). The molecule has 1 heterocycles. The molecular weight excluding hydrogens is 541 g/mol. The van der Waals surface area contributed by atoms with Crippen molar-refractivity contribution in [2.45, 2.75) is 39.1 Å². The number of hydrogen-bond donors (Lipinski definition) is 1. The summed E-state index contributed by atoms with van der Waals surface area (Å²) >= 11 is 1.40. The first-order valence-electron chi connectivity index (χ1n) is 13.2. The van der Waals surface area contributed by atoms with Crippen LogP contribution in [0, 0.1) is 5.92 Å². The number of rotatable bonds is 14. The van der Waals surface area contributed by atoms with Crippen molar-refractivity contribution in [1.82, 2.24) is 5.09 Å². The molecule has 0 bridgehead atoms. The Bertz CT molecular complexity index is 1410. The van der Waals surface area contributed by atoms with Gasteiger partial charge in [0.25, 0.3) is 0 Å². The highest BCUT2D eigenvalue weighted by Crippen LogP contribution is 2.40. The molecule has 208 valence electrons. The zero-order valence-electron chi connectivity index (χ0n) is 22.7. The van der Waals surface area contributed by atoms with Gasteiger partial charge in [0, 0.05) is 10.9 Å². The lowest BCUT2D eigenvalue weighted by atomic mass is 10.1. The lowest BCUT2D eigenvalue weighted by molar-refractivity contribution is -0.147. The number of benzene rings is 3. The number of fused-ring (bicyclic) bond motifs is 1. The summed E-state index contributed by atoms with van der Waals surface area (Å²) in [6.07, 6.45) is 2.73. The van der Waals surface area contributed by atoms with E-state index < -0.39 is 14.3 Å². The number of ether oxygens (including phenoxy) is 2. The molecule has 0 spiro atoms. The lowest BCUT2D eigenvalue weighted by Crippen LogP contribution is -2.37. The maximum absolute atomic E-state index is 13.2. The minimum Gasteiger partial charge on any atom is -0.460 e. The van der Waals surface area contributed by atoms with Crippen LogP contribution in [0.4, 0.5) is 0 Å². The minimum atomic E-state index is -1.30. The Hall–Kier alpha value is -3.51. The molecule has 0 saturated heterocycles. The van der Waals surface area contributed by atoms with Crippen molar-refractivity contribution in [1.29, 1.82) is 0 Å². The van der Waals surface area contributed by atoms with Gasteiger partial charge in [-0.15, -0.1) is 11.3 Å². The number of para-hydroxylation sites is 1. The zero-order chi connectivity index (χ0) is 28.3. The summed E-state index contributed by atoms with van der Waals surface area (Å²) in [5, 5.41) is 4.46. The van der Waals surface area contributed by atoms with Crippen molar-refractivity contribution < 1.29 is 23.6 Å². The maximum Gasteiger partial charge on any atom is 0.348 e. The van der Waals surface area contributed by atoms with Gasteiger partial charge in [0.15, 0.2) is 8.30 Å². The van der Waals surface area contributed by atoms with Gasteiger partial charge in [0.05, 0.1) is 0 Å². The third-order valence-corrected chi connectivity index (χ3v) is 8.69. The SMILES string of the molecule is C=CCOC(=O)c1cc2cc(CP(NC(CC(C)C)C(=O)OCc3ccccc3)Oc3ccccc3)ccc2s1. The van der Waals surface area contributed by atoms with E-state index in [-0.39, 0.29) is 31.1 Å². The first-order valence-corrected chi connectivity index (χ1v) is 15.4. The van der Waals surface area contributed by atoms with E-state index in [1.54, 1.807) is 6.08 Å². The van der Waals surface area contributed by atoms with Crippen LogP contribution in [0.3, 0.4) is 0 Å². The van der Waals surface area contributed by atoms with Crippen LogP contribution in [0.25, 0.3) is 10.1 Å². The number of nitrogens with one attached hydrogen (secondary N) is 1. The van der Waals surface area contributed by atoms with Crippen molar-refractivity contribution >= 4 is 41.7 Å². The molecule has 8 heteroatoms. The molecule has 0 amide bonds. The molecule has 1 N–H and O–H groups in total. The predicted octanol–water partition coefficient (Wildman–Crippen LogP) is 7.88. The van der Waals surface area contributed by atoms with Crippen LogP contribution < -0.4 is 9.61 Å². The maximum atomic E-state index is 13.2. The summed E-state index contributed by atoms with van der Waals surface area (Å²) in [6.45, 7) is 8.16. The molecule has 2 unspecified atom stereocenters. The van der Waals surface area contributed by atoms with Crippen molar-refractivity contribution in [3.63, 3.8) is 0 Å². The third kappa shape index (κ3) is 8.75. The summed E-state index contributed by atoms with van der Waals surface area (Å²) in [5.41, 5.74) is 1.98. The average Bonchev–Trinajstić information content (AvgIpc) is 3.39. The van der Waals surface area contributed by atoms with Crippen molar-refractivity contribution in [2.75, 3.05) is 6.61 Å². The van der Waals surface area contributed by atoms with Crippen molar-refractivity contribution in [3.05, 3.63) is 114 Å². The average molecular weight is 576 g/mol. The molecule has 4 aromatic rings. The molecule has 0 aliphatic carbocycles. The monoisotopic (exact) mass is 575 g/mol. The molecule has 40 heavy (non-hydrogen) atoms. The fourth-order valence-corrected chi connectivity index (χ4v) is 6.66. The predicted molar refractivity (Wildman–Crippen MR) is 163 cm³/mol. The highest BCUT2D eigenvalue weighted by atomic mass is 32.1. The number of carbonyl (C=O) groups excluding carboxylic acids is 2. The molecule has 0 radical (unpaired) electrons. The van der Waals surface area contributed by atoms with Gasteiger partial charge in [-0.1, -0.05) is 81.1 Å². The van der Waals surface area contributed by atoms with E-state index in [1.807, 2.05) is 78.9 Å². The van der Waals surface area contributed by atoms with Gasteiger partial charge in [-0.3, -0.25) is 4.79 Å². The Morgan fingerprint density at radius 2 is 1.68 bits per heavy atom. The summed E-state index contributed by atoms with van der Waals surface area (Å²) in [7, 11) is -1.30. The minimum absolute atomic E-state index is 0.177. The molecule has 2 atom stereocenters. The Labute approximate surface area is 240 Å². The van der Waals surface area contributed by atoms with E-state index in [2.05, 4.69) is 31.6 Å². The van der Waals surface area contributed by atoms with Crippen LogP contribution in [0.5, 0.6) is 5.75 Å². The zero-order valence-corrected chi connectivity index (χ0v) is 24.5. The quantitative estimate of drug-likeness (QED) is 0.0937. The van der Waals surface area contributed by atoms with Gasteiger partial charge in [0.2, 0.25) is 0 Å². The molecular formula is C32H34NO5PS. The summed E-state index contributed by atoms with van der Waals surface area (Å²) in [5.74, 6) is 0.352. The van der Waals surface area contributed by atoms with Gasteiger partial charge < -0.3 is 14.0 Å². The first kappa shape index (κ1) is 29.5. The second-order valence-electron chi connectivity index (χ2n) is 9.72. The second kappa shape index (κ2) is 14.8. The largest absolute Gasteiger partial charge is 0.460 e. The van der Waals surface area contributed by atoms with E-state index in [9.17, 15) is 9.59 Å². The van der Waals surface area contributed by atoms with E-state index >= 15 is 0 Å². The van der Waals surface area contributed by atoms with E-state index in [1.165, 1.54) is 11.3 Å². The third-order valence-electron chi connectivity index (χ3n) is 5.91. The molecule has 0 fully saturated rings. The van der Waals surface area contributed by atoms with Crippen LogP contribution in [-0.2, 0) is 27.0 Å². The highest BCUT2D eigenvalue weighted by Gasteiger charge is 2.27. The Morgan fingerprint density at radius 1 is 0.950 bits per heavy atom. The standard InChI is InChI=1S/C32H34NO5PS/c1-4-17-36-32(35)30-20-26-19-25(15-16-29(26)40-30)22-39(38-27-13-9-6-10-14-27)33-28(18-23(2)3)31(34)37-21-24-11-7-5-8-12-24/h4-16,19-20,23,28,33H,1,17-18,21-22H2,2-3H3. The van der Waals surface area contributed by atoms with Crippen LogP contribution in [0.1, 0.15) is 41.1 Å². The number of carbonyl (C=O) groups is 2. The Balaban J connectivity index is 1.53. The van der Waals surface area contributed by atoms with E-state index in [0.717, 1.165) is 27.0 Å². The molecule has 0 aliphatic rings. The van der Waals surface area contributed by atoms with Gasteiger partial charge in [-0.05, 0) is 59.2 Å². The van der Waals surface area contributed by atoms with Crippen molar-refractivity contribution in [3.8, 4) is 5.75 Å². The summed E-state index contributed by atoms with van der Waals surface area (Å²) in [4.78, 5) is 26.1. The Kier molecular flexibility index (Phi) is 10.9. The molecule has 0 saturated carbocycles. The second-order valence-corrected chi connectivity index (χ2v) is 12.3. The highest BCUT2D eigenvalue weighted by molar-refractivity contribution is 7.50. The fourth-order valence-electron chi connectivity index (χ4n) is 4.05. The van der Waals surface area contributed by atoms with Crippen molar-refractivity contribution in [2.24, 2.45) is 5.92 Å². The summed E-state index contributed by atoms with van der Waals surface area (Å²) < 4.78 is 18.3. The number of hydrogen-bond acceptors (Lipinski definition) is 7. The summed E-state index contributed by atoms with van der Waals surface area (Å²) in [6, 6.07) is 26.7. The lowest BCUT2D eigenvalue weighted by Gasteiger charge is -2.26. The van der Waals surface area contributed by atoms with E-state index in [0.29, 0.717) is 17.5 Å². The van der Waals surface area contributed by atoms with Crippen LogP contribution in [0.15, 0.2) is 97.6 Å². The van der Waals surface area contributed by atoms with Gasteiger partial charge in [0.1, 0.15) is 29.9 Å². The molecule has 0 aliphatic heterocycles. The van der Waals surface area contributed by atoms with Gasteiger partial charge in [-0.2, -0.15) is 0 Å². The van der Waals surface area contributed by atoms with E-state index in [4.69, 9.17) is 14.0 Å². The fraction of sp³-hybridized carbons (Fsp3) is 0.250. The molecule has 6 nitrogen and oxygen atoms in total. The number of thiophene rings is 1. The first-order chi connectivity index (χ1) is 19.4. The van der Waals surface area contributed by atoms with Crippen LogP contribution >= 0.6 is 19.6 Å². The number of esters is 2. The normalized spacial score (nSPS) is 12.6. The molecule has 3 aromatic carbocycles. The van der Waals surface area contributed by atoms with Gasteiger partial charge >= 0.3 is 11.9 Å². The topological polar surface area (TPSA) is 73.9 Å². The molecule has 1 aromatic heterocycles.